The van der Waals surface area contributed by atoms with Gasteiger partial charge in [0.25, 0.3) is 0 Å². The minimum Gasteiger partial charge on any atom is -0.492 e. The predicted molar refractivity (Wildman–Crippen MR) is 83.0 cm³/mol. The topological polar surface area (TPSA) is 60.6 Å². The Hall–Kier alpha value is -1.92. The Balaban J connectivity index is 1.32. The van der Waals surface area contributed by atoms with E-state index in [9.17, 15) is 0 Å². The summed E-state index contributed by atoms with van der Waals surface area (Å²) in [6.45, 7) is 6.10. The van der Waals surface area contributed by atoms with Crippen LogP contribution < -0.4 is 4.74 Å². The third-order valence-corrected chi connectivity index (χ3v) is 4.73. The Kier molecular flexibility index (Phi) is 3.79. The van der Waals surface area contributed by atoms with Crippen molar-refractivity contribution in [3.8, 4) is 5.75 Å². The van der Waals surface area contributed by atoms with E-state index >= 15 is 0 Å². The molecule has 2 aliphatic rings. The summed E-state index contributed by atoms with van der Waals surface area (Å²) in [5.74, 6) is 2.11. The molecule has 0 aromatic carbocycles. The first-order chi connectivity index (χ1) is 11.2. The van der Waals surface area contributed by atoms with Crippen LogP contribution in [0.3, 0.4) is 0 Å². The van der Waals surface area contributed by atoms with Gasteiger partial charge in [-0.25, -0.2) is 0 Å². The summed E-state index contributed by atoms with van der Waals surface area (Å²) in [5, 5.41) is 4.06. The van der Waals surface area contributed by atoms with Gasteiger partial charge >= 0.3 is 0 Å². The van der Waals surface area contributed by atoms with Gasteiger partial charge in [-0.05, 0) is 25.5 Å². The quantitative estimate of drug-likeness (QED) is 0.841. The van der Waals surface area contributed by atoms with Gasteiger partial charge in [-0.1, -0.05) is 5.16 Å². The molecule has 0 aliphatic carbocycles. The van der Waals surface area contributed by atoms with Crippen LogP contribution in [0.15, 0.2) is 35.1 Å². The van der Waals surface area contributed by atoms with Crippen molar-refractivity contribution in [1.82, 2.24) is 15.0 Å². The maximum absolute atomic E-state index is 6.07. The maximum atomic E-state index is 6.07. The first kappa shape index (κ1) is 14.7. The van der Waals surface area contributed by atoms with E-state index in [4.69, 9.17) is 14.0 Å². The van der Waals surface area contributed by atoms with Crippen LogP contribution in [-0.4, -0.2) is 46.9 Å². The lowest BCUT2D eigenvalue weighted by atomic mass is 9.81. The minimum absolute atomic E-state index is 0.0546. The van der Waals surface area contributed by atoms with Crippen molar-refractivity contribution >= 4 is 0 Å². The molecule has 122 valence electrons. The fourth-order valence-corrected chi connectivity index (χ4v) is 3.54. The molecular weight excluding hydrogens is 294 g/mol. The van der Waals surface area contributed by atoms with E-state index in [1.807, 2.05) is 25.1 Å². The van der Waals surface area contributed by atoms with E-state index < -0.39 is 0 Å². The second-order valence-corrected chi connectivity index (χ2v) is 6.47. The van der Waals surface area contributed by atoms with Gasteiger partial charge in [0.05, 0.1) is 24.1 Å². The van der Waals surface area contributed by atoms with E-state index in [-0.39, 0.29) is 5.60 Å². The maximum Gasteiger partial charge on any atom is 0.137 e. The molecule has 2 aliphatic heterocycles. The zero-order valence-corrected chi connectivity index (χ0v) is 13.3. The van der Waals surface area contributed by atoms with Crippen molar-refractivity contribution in [2.75, 3.05) is 26.3 Å². The standard InChI is InChI=1S/C17H21N3O3/c1-13-7-15(19-23-13)9-20-11-17(12-20)14(4-6-22-17)10-21-16-3-2-5-18-8-16/h2-3,5,7-8,14H,4,6,9-12H2,1H3/t14-/m0/s1. The highest BCUT2D eigenvalue weighted by Crippen LogP contribution is 2.40. The Bertz CT molecular complexity index is 652. The Morgan fingerprint density at radius 1 is 1.43 bits per heavy atom. The van der Waals surface area contributed by atoms with Crippen molar-refractivity contribution in [3.63, 3.8) is 0 Å². The molecule has 6 nitrogen and oxygen atoms in total. The number of rotatable bonds is 5. The highest BCUT2D eigenvalue weighted by Gasteiger charge is 2.53. The largest absolute Gasteiger partial charge is 0.492 e. The first-order valence-corrected chi connectivity index (χ1v) is 8.05. The summed E-state index contributed by atoms with van der Waals surface area (Å²) < 4.78 is 17.1. The van der Waals surface area contributed by atoms with Gasteiger partial charge in [0.1, 0.15) is 11.5 Å². The van der Waals surface area contributed by atoms with Gasteiger partial charge in [-0.15, -0.1) is 0 Å². The molecule has 2 aromatic rings. The fourth-order valence-electron chi connectivity index (χ4n) is 3.54. The summed E-state index contributed by atoms with van der Waals surface area (Å²) in [5.41, 5.74) is 0.930. The van der Waals surface area contributed by atoms with Crippen LogP contribution in [0.4, 0.5) is 0 Å². The lowest BCUT2D eigenvalue weighted by molar-refractivity contribution is -0.141. The molecule has 1 spiro atoms. The monoisotopic (exact) mass is 315 g/mol. The first-order valence-electron chi connectivity index (χ1n) is 8.05. The molecule has 6 heteroatoms. The molecule has 0 bridgehead atoms. The van der Waals surface area contributed by atoms with Gasteiger partial charge in [0.2, 0.25) is 0 Å². The van der Waals surface area contributed by atoms with E-state index in [2.05, 4.69) is 15.0 Å². The zero-order valence-electron chi connectivity index (χ0n) is 13.3. The van der Waals surface area contributed by atoms with Gasteiger partial charge < -0.3 is 14.0 Å². The second kappa shape index (κ2) is 5.94. The van der Waals surface area contributed by atoms with E-state index in [0.29, 0.717) is 12.5 Å². The van der Waals surface area contributed by atoms with Crippen molar-refractivity contribution in [3.05, 3.63) is 42.0 Å². The molecule has 0 radical (unpaired) electrons. The molecular formula is C17H21N3O3. The Labute approximate surface area is 135 Å². The Morgan fingerprint density at radius 2 is 2.35 bits per heavy atom. The summed E-state index contributed by atoms with van der Waals surface area (Å²) in [6, 6.07) is 5.82. The summed E-state index contributed by atoms with van der Waals surface area (Å²) in [7, 11) is 0. The molecule has 0 saturated carbocycles. The zero-order chi connectivity index (χ0) is 15.7. The molecule has 2 fully saturated rings. The van der Waals surface area contributed by atoms with E-state index in [1.54, 1.807) is 12.4 Å². The smallest absolute Gasteiger partial charge is 0.137 e. The molecule has 0 amide bonds. The number of pyridine rings is 1. The van der Waals surface area contributed by atoms with Crippen LogP contribution in [0.1, 0.15) is 17.9 Å². The third-order valence-electron chi connectivity index (χ3n) is 4.73. The summed E-state index contributed by atoms with van der Waals surface area (Å²) in [6.07, 6.45) is 4.56. The fraction of sp³-hybridized carbons (Fsp3) is 0.529. The van der Waals surface area contributed by atoms with Crippen molar-refractivity contribution in [2.24, 2.45) is 5.92 Å². The highest BCUT2D eigenvalue weighted by molar-refractivity contribution is 5.16. The minimum atomic E-state index is -0.0546. The number of nitrogens with zero attached hydrogens (tertiary/aromatic N) is 3. The summed E-state index contributed by atoms with van der Waals surface area (Å²) in [4.78, 5) is 6.43. The predicted octanol–water partition coefficient (Wildman–Crippen LogP) is 2.05. The number of aromatic nitrogens is 2. The number of hydrogen-bond donors (Lipinski definition) is 0. The van der Waals surface area contributed by atoms with Gasteiger partial charge in [0.15, 0.2) is 0 Å². The average Bonchev–Trinajstić information content (AvgIpc) is 3.12. The highest BCUT2D eigenvalue weighted by atomic mass is 16.5. The molecule has 2 saturated heterocycles. The van der Waals surface area contributed by atoms with E-state index in [1.165, 1.54) is 0 Å². The van der Waals surface area contributed by atoms with E-state index in [0.717, 1.165) is 49.9 Å². The lowest BCUT2D eigenvalue weighted by Crippen LogP contribution is -2.64. The Morgan fingerprint density at radius 3 is 3.09 bits per heavy atom. The molecule has 2 aromatic heterocycles. The number of hydrogen-bond acceptors (Lipinski definition) is 6. The lowest BCUT2D eigenvalue weighted by Gasteiger charge is -2.50. The van der Waals surface area contributed by atoms with Gasteiger partial charge in [-0.3, -0.25) is 9.88 Å². The van der Waals surface area contributed by atoms with Crippen LogP contribution in [0.2, 0.25) is 0 Å². The second-order valence-electron chi connectivity index (χ2n) is 6.47. The van der Waals surface area contributed by atoms with Crippen LogP contribution in [0.5, 0.6) is 5.75 Å². The SMILES string of the molecule is Cc1cc(CN2CC3(C2)OCC[C@H]3COc2cccnc2)no1. The van der Waals surface area contributed by atoms with Crippen molar-refractivity contribution in [2.45, 2.75) is 25.5 Å². The summed E-state index contributed by atoms with van der Waals surface area (Å²) >= 11 is 0. The third kappa shape index (κ3) is 2.96. The van der Waals surface area contributed by atoms with Gasteiger partial charge in [0, 0.05) is 44.4 Å². The van der Waals surface area contributed by atoms with Crippen LogP contribution in [0, 0.1) is 12.8 Å². The van der Waals surface area contributed by atoms with Gasteiger partial charge in [-0.2, -0.15) is 0 Å². The molecule has 4 heterocycles. The number of likely N-dealkylation sites (tertiary alicyclic amines) is 1. The van der Waals surface area contributed by atoms with Crippen LogP contribution in [0.25, 0.3) is 0 Å². The van der Waals surface area contributed by atoms with Crippen LogP contribution >= 0.6 is 0 Å². The molecule has 4 rings (SSSR count). The van der Waals surface area contributed by atoms with Crippen molar-refractivity contribution < 1.29 is 14.0 Å². The number of aryl methyl sites for hydroxylation is 1. The molecule has 0 unspecified atom stereocenters. The average molecular weight is 315 g/mol. The normalized spacial score (nSPS) is 23.1. The molecule has 1 atom stereocenters. The van der Waals surface area contributed by atoms with Crippen molar-refractivity contribution in [1.29, 1.82) is 0 Å². The number of ether oxygens (including phenoxy) is 2. The van der Waals surface area contributed by atoms with Crippen LogP contribution in [-0.2, 0) is 11.3 Å². The molecule has 0 N–H and O–H groups in total. The molecule has 23 heavy (non-hydrogen) atoms.